The van der Waals surface area contributed by atoms with E-state index in [0.29, 0.717) is 12.5 Å². The quantitative estimate of drug-likeness (QED) is 0.679. The molecule has 1 atom stereocenters. The Morgan fingerprint density at radius 2 is 2.27 bits per heavy atom. The summed E-state index contributed by atoms with van der Waals surface area (Å²) in [7, 11) is 1.46. The molecule has 0 radical (unpaired) electrons. The van der Waals surface area contributed by atoms with Crippen molar-refractivity contribution in [1.82, 2.24) is 0 Å². The second-order valence-electron chi connectivity index (χ2n) is 4.44. The van der Waals surface area contributed by atoms with Gasteiger partial charge in [-0.1, -0.05) is 6.92 Å². The van der Waals surface area contributed by atoms with Gasteiger partial charge in [0.15, 0.2) is 0 Å². The highest BCUT2D eigenvalue weighted by Crippen LogP contribution is 2.51. The van der Waals surface area contributed by atoms with Crippen LogP contribution in [0, 0.1) is 5.41 Å². The Morgan fingerprint density at radius 1 is 1.60 bits per heavy atom. The highest BCUT2D eigenvalue weighted by atomic mass is 32.2. The monoisotopic (exact) mass is 231 g/mol. The summed E-state index contributed by atoms with van der Waals surface area (Å²) < 4.78 is 4.70. The van der Waals surface area contributed by atoms with E-state index in [-0.39, 0.29) is 11.4 Å². The van der Waals surface area contributed by atoms with E-state index in [1.807, 2.05) is 11.8 Å². The first-order chi connectivity index (χ1) is 7.12. The van der Waals surface area contributed by atoms with Crippen LogP contribution >= 0.6 is 11.8 Å². The maximum Gasteiger partial charge on any atom is 0.306 e. The normalized spacial score (nSPS) is 19.7. The summed E-state index contributed by atoms with van der Waals surface area (Å²) >= 11 is 1.88. The van der Waals surface area contributed by atoms with Crippen molar-refractivity contribution in [3.05, 3.63) is 0 Å². The summed E-state index contributed by atoms with van der Waals surface area (Å²) in [6.07, 6.45) is 3.93. The fourth-order valence-electron chi connectivity index (χ4n) is 1.47. The van der Waals surface area contributed by atoms with E-state index < -0.39 is 0 Å². The molecule has 0 aromatic rings. The number of thioether (sulfide) groups is 1. The van der Waals surface area contributed by atoms with Crippen LogP contribution in [0.2, 0.25) is 0 Å². The molecule has 1 aliphatic carbocycles. The van der Waals surface area contributed by atoms with Crippen molar-refractivity contribution < 1.29 is 9.53 Å². The smallest absolute Gasteiger partial charge is 0.306 e. The minimum absolute atomic E-state index is 0.0760. The van der Waals surface area contributed by atoms with Crippen molar-refractivity contribution in [3.63, 3.8) is 0 Å². The molecule has 0 aromatic heterocycles. The van der Waals surface area contributed by atoms with Gasteiger partial charge in [0.1, 0.15) is 0 Å². The molecule has 1 unspecified atom stereocenters. The molecule has 0 saturated heterocycles. The molecule has 88 valence electrons. The van der Waals surface area contributed by atoms with E-state index >= 15 is 0 Å². The zero-order valence-electron chi connectivity index (χ0n) is 9.62. The minimum atomic E-state index is -0.0760. The van der Waals surface area contributed by atoms with Crippen molar-refractivity contribution in [2.75, 3.05) is 18.6 Å². The number of rotatable bonds is 7. The molecule has 3 nitrogen and oxygen atoms in total. The Labute approximate surface area is 96.1 Å². The van der Waals surface area contributed by atoms with Crippen LogP contribution < -0.4 is 5.73 Å². The van der Waals surface area contributed by atoms with E-state index in [1.165, 1.54) is 7.11 Å². The second kappa shape index (κ2) is 5.75. The summed E-state index contributed by atoms with van der Waals surface area (Å²) in [6, 6.07) is 0.295. The second-order valence-corrected chi connectivity index (χ2v) is 5.47. The van der Waals surface area contributed by atoms with Crippen LogP contribution in [-0.2, 0) is 9.53 Å². The lowest BCUT2D eigenvalue weighted by atomic mass is 10.1. The summed E-state index contributed by atoms with van der Waals surface area (Å²) in [4.78, 5) is 11.2. The molecule has 1 fully saturated rings. The number of hydrogen-bond acceptors (Lipinski definition) is 4. The first-order valence-corrected chi connectivity index (χ1v) is 6.67. The molecule has 1 rings (SSSR count). The number of carbonyl (C=O) groups is 1. The highest BCUT2D eigenvalue weighted by molar-refractivity contribution is 7.99. The summed E-state index contributed by atoms with van der Waals surface area (Å²) in [5.41, 5.74) is 6.08. The number of esters is 1. The number of ether oxygens (including phenoxy) is 1. The average Bonchev–Trinajstić information content (AvgIpc) is 2.97. The van der Waals surface area contributed by atoms with Crippen LogP contribution in [0.4, 0.5) is 0 Å². The van der Waals surface area contributed by atoms with E-state index in [9.17, 15) is 4.79 Å². The van der Waals surface area contributed by atoms with Crippen LogP contribution in [0.1, 0.15) is 32.6 Å². The molecule has 0 spiro atoms. The van der Waals surface area contributed by atoms with Crippen molar-refractivity contribution in [3.8, 4) is 0 Å². The molecule has 0 bridgehead atoms. The van der Waals surface area contributed by atoms with Gasteiger partial charge in [-0.05, 0) is 30.4 Å². The van der Waals surface area contributed by atoms with Gasteiger partial charge in [0.25, 0.3) is 0 Å². The van der Waals surface area contributed by atoms with Gasteiger partial charge in [-0.25, -0.2) is 0 Å². The van der Waals surface area contributed by atoms with Gasteiger partial charge in [-0.3, -0.25) is 4.79 Å². The third-order valence-corrected chi connectivity index (χ3v) is 4.45. The van der Waals surface area contributed by atoms with Crippen LogP contribution in [0.25, 0.3) is 0 Å². The van der Waals surface area contributed by atoms with E-state index in [2.05, 4.69) is 6.92 Å². The lowest BCUT2D eigenvalue weighted by Crippen LogP contribution is -2.22. The number of carbonyl (C=O) groups excluding carboxylic acids is 1. The molecule has 2 N–H and O–H groups in total. The van der Waals surface area contributed by atoms with Crippen LogP contribution in [0.15, 0.2) is 0 Å². The lowest BCUT2D eigenvalue weighted by Gasteiger charge is -2.14. The molecular weight excluding hydrogens is 210 g/mol. The fraction of sp³-hybridized carbons (Fsp3) is 0.909. The predicted molar refractivity (Wildman–Crippen MR) is 63.9 cm³/mol. The number of nitrogens with two attached hydrogens (primary N) is 1. The summed E-state index contributed by atoms with van der Waals surface area (Å²) in [6.45, 7) is 2.10. The zero-order valence-corrected chi connectivity index (χ0v) is 10.4. The molecule has 0 aliphatic heterocycles. The van der Waals surface area contributed by atoms with Gasteiger partial charge in [-0.2, -0.15) is 11.8 Å². The Balaban J connectivity index is 2.17. The third kappa shape index (κ3) is 4.43. The van der Waals surface area contributed by atoms with Crippen molar-refractivity contribution in [1.29, 1.82) is 0 Å². The van der Waals surface area contributed by atoms with Gasteiger partial charge in [-0.15, -0.1) is 0 Å². The Hall–Kier alpha value is -0.220. The van der Waals surface area contributed by atoms with Crippen molar-refractivity contribution >= 4 is 17.7 Å². The maximum atomic E-state index is 11.2. The summed E-state index contributed by atoms with van der Waals surface area (Å²) in [5.74, 6) is 1.97. The highest BCUT2D eigenvalue weighted by Gasteiger charge is 2.44. The Bertz CT molecular complexity index is 217. The summed E-state index contributed by atoms with van der Waals surface area (Å²) in [5, 5.41) is 0. The molecular formula is C11H21NO2S. The minimum Gasteiger partial charge on any atom is -0.469 e. The van der Waals surface area contributed by atoms with Crippen LogP contribution in [-0.4, -0.2) is 30.6 Å². The van der Waals surface area contributed by atoms with E-state index in [1.54, 1.807) is 0 Å². The molecule has 0 aromatic carbocycles. The third-order valence-electron chi connectivity index (χ3n) is 2.97. The lowest BCUT2D eigenvalue weighted by molar-refractivity contribution is -0.141. The Kier molecular flexibility index (Phi) is 4.93. The number of hydrogen-bond donors (Lipinski definition) is 1. The van der Waals surface area contributed by atoms with Crippen LogP contribution in [0.5, 0.6) is 0 Å². The number of methoxy groups -OCH3 is 1. The molecule has 15 heavy (non-hydrogen) atoms. The van der Waals surface area contributed by atoms with E-state index in [0.717, 1.165) is 30.8 Å². The van der Waals surface area contributed by atoms with Gasteiger partial charge in [0, 0.05) is 11.8 Å². The van der Waals surface area contributed by atoms with Gasteiger partial charge in [0.05, 0.1) is 13.5 Å². The molecule has 0 amide bonds. The maximum absolute atomic E-state index is 11.2. The van der Waals surface area contributed by atoms with Crippen molar-refractivity contribution in [2.45, 2.75) is 38.6 Å². The van der Waals surface area contributed by atoms with Crippen molar-refractivity contribution in [2.24, 2.45) is 11.1 Å². The van der Waals surface area contributed by atoms with Crippen LogP contribution in [0.3, 0.4) is 0 Å². The van der Waals surface area contributed by atoms with Gasteiger partial charge in [0.2, 0.25) is 0 Å². The molecule has 0 heterocycles. The first-order valence-electron chi connectivity index (χ1n) is 5.52. The van der Waals surface area contributed by atoms with Gasteiger partial charge >= 0.3 is 5.97 Å². The zero-order chi connectivity index (χ0) is 11.3. The first kappa shape index (κ1) is 12.8. The largest absolute Gasteiger partial charge is 0.469 e. The fourth-order valence-corrected chi connectivity index (χ4v) is 2.95. The molecule has 4 heteroatoms. The topological polar surface area (TPSA) is 52.3 Å². The molecule has 1 aliphatic rings. The average molecular weight is 231 g/mol. The van der Waals surface area contributed by atoms with E-state index in [4.69, 9.17) is 10.5 Å². The SMILES string of the molecule is CCC(N)CSCC1(CC(=O)OC)CC1. The standard InChI is InChI=1S/C11H21NO2S/c1-3-9(12)7-15-8-11(4-5-11)6-10(13)14-2/h9H,3-8,12H2,1-2H3. The molecule has 1 saturated carbocycles. The predicted octanol–water partition coefficient (Wildman–Crippen LogP) is 1.80. The van der Waals surface area contributed by atoms with Gasteiger partial charge < -0.3 is 10.5 Å². The Morgan fingerprint density at radius 3 is 2.73 bits per heavy atom.